The number of nitrogens with zero attached hydrogens (tertiary/aromatic N) is 2. The molecular weight excluding hydrogens is 507 g/mol. The molecule has 0 bridgehead atoms. The van der Waals surface area contributed by atoms with Gasteiger partial charge in [0.15, 0.2) is 24.4 Å². The van der Waals surface area contributed by atoms with E-state index in [1.165, 1.54) is 24.3 Å². The number of aliphatic carboxylic acids is 1. The molecule has 1 heterocycles. The van der Waals surface area contributed by atoms with Gasteiger partial charge < -0.3 is 24.1 Å². The maximum Gasteiger partial charge on any atom is 0.573 e. The molecule has 1 aromatic heterocycles. The van der Waals surface area contributed by atoms with Crippen molar-refractivity contribution in [1.82, 2.24) is 15.2 Å². The smallest absolute Gasteiger partial charge is 0.497 e. The Labute approximate surface area is 214 Å². The van der Waals surface area contributed by atoms with E-state index in [9.17, 15) is 18.0 Å². The zero-order valence-electron chi connectivity index (χ0n) is 20.2. The summed E-state index contributed by atoms with van der Waals surface area (Å²) in [4.78, 5) is 15.3. The summed E-state index contributed by atoms with van der Waals surface area (Å²) in [7, 11) is 1.56. The number of benzene rings is 3. The van der Waals surface area contributed by atoms with E-state index in [-0.39, 0.29) is 11.6 Å². The van der Waals surface area contributed by atoms with Crippen LogP contribution in [0.2, 0.25) is 0 Å². The van der Waals surface area contributed by atoms with Crippen molar-refractivity contribution in [3.63, 3.8) is 0 Å². The second-order valence-electron chi connectivity index (χ2n) is 8.00. The van der Waals surface area contributed by atoms with E-state index in [1.54, 1.807) is 56.5 Å². The minimum Gasteiger partial charge on any atom is -0.497 e. The molecule has 1 unspecified atom stereocenters. The molecule has 9 nitrogen and oxygen atoms in total. The highest BCUT2D eigenvalue weighted by atomic mass is 19.4. The van der Waals surface area contributed by atoms with Gasteiger partial charge in [-0.2, -0.15) is 5.10 Å². The highest BCUT2D eigenvalue weighted by molar-refractivity contribution is 5.68. The van der Waals surface area contributed by atoms with Crippen molar-refractivity contribution in [2.45, 2.75) is 19.4 Å². The number of methoxy groups -OCH3 is 1. The van der Waals surface area contributed by atoms with Crippen molar-refractivity contribution in [2.75, 3.05) is 13.7 Å². The van der Waals surface area contributed by atoms with Gasteiger partial charge in [0.05, 0.1) is 7.11 Å². The van der Waals surface area contributed by atoms with Crippen LogP contribution in [0.4, 0.5) is 13.2 Å². The lowest BCUT2D eigenvalue weighted by molar-refractivity contribution is -0.274. The molecule has 0 aliphatic heterocycles. The number of aromatic amines is 1. The Morgan fingerprint density at radius 2 is 1.66 bits per heavy atom. The van der Waals surface area contributed by atoms with Crippen LogP contribution in [-0.2, 0) is 4.79 Å². The fourth-order valence-electron chi connectivity index (χ4n) is 3.52. The quantitative estimate of drug-likeness (QED) is 0.284. The number of hydrogen-bond acceptors (Lipinski definition) is 7. The molecule has 4 rings (SSSR count). The van der Waals surface area contributed by atoms with Crippen LogP contribution in [0.25, 0.3) is 11.4 Å². The summed E-state index contributed by atoms with van der Waals surface area (Å²) in [6, 6.07) is 17.1. The van der Waals surface area contributed by atoms with Crippen molar-refractivity contribution in [3.8, 4) is 34.4 Å². The first-order chi connectivity index (χ1) is 18.1. The van der Waals surface area contributed by atoms with E-state index in [4.69, 9.17) is 19.3 Å². The van der Waals surface area contributed by atoms with Crippen LogP contribution in [-0.4, -0.2) is 46.3 Å². The van der Waals surface area contributed by atoms with Crippen LogP contribution in [0.3, 0.4) is 0 Å². The molecule has 0 aliphatic carbocycles. The number of aromatic nitrogens is 3. The van der Waals surface area contributed by atoms with Gasteiger partial charge in [-0.15, -0.1) is 13.2 Å². The van der Waals surface area contributed by atoms with Gasteiger partial charge in [0.1, 0.15) is 23.0 Å². The standard InChI is InChI=1S/C26H22F3N3O6/c1-15-13-20(11-12-21(15)36-14-22(33)34)37-23(16-3-9-19(10-4-16)38-26(27,28)29)25-30-24(31-32-25)17-5-7-18(35-2)8-6-17/h3-13,23H,14H2,1-2H3,(H,33,34)(H,30,31,32). The largest absolute Gasteiger partial charge is 0.573 e. The third kappa shape index (κ3) is 6.72. The molecule has 0 amide bonds. The van der Waals surface area contributed by atoms with Crippen LogP contribution in [0.15, 0.2) is 66.7 Å². The summed E-state index contributed by atoms with van der Waals surface area (Å²) in [5.74, 6) is 0.587. The number of carboxylic acids is 1. The van der Waals surface area contributed by atoms with Crippen LogP contribution < -0.4 is 18.9 Å². The molecule has 3 aromatic carbocycles. The molecule has 4 aromatic rings. The van der Waals surface area contributed by atoms with Crippen molar-refractivity contribution >= 4 is 5.97 Å². The summed E-state index contributed by atoms with van der Waals surface area (Å²) in [6.07, 6.45) is -5.74. The fraction of sp³-hybridized carbons (Fsp3) is 0.192. The van der Waals surface area contributed by atoms with E-state index < -0.39 is 25.0 Å². The predicted molar refractivity (Wildman–Crippen MR) is 128 cm³/mol. The van der Waals surface area contributed by atoms with E-state index in [2.05, 4.69) is 19.9 Å². The molecule has 0 saturated heterocycles. The molecule has 1 atom stereocenters. The second kappa shape index (κ2) is 11.1. The Bertz CT molecular complexity index is 1390. The van der Waals surface area contributed by atoms with E-state index in [1.807, 2.05) is 0 Å². The number of carboxylic acid groups (broad SMARTS) is 1. The van der Waals surface area contributed by atoms with Gasteiger partial charge in [0, 0.05) is 11.1 Å². The minimum absolute atomic E-state index is 0.226. The van der Waals surface area contributed by atoms with Gasteiger partial charge >= 0.3 is 12.3 Å². The molecule has 0 fully saturated rings. The predicted octanol–water partition coefficient (Wildman–Crippen LogP) is 5.32. The lowest BCUT2D eigenvalue weighted by Gasteiger charge is -2.18. The highest BCUT2D eigenvalue weighted by Crippen LogP contribution is 2.32. The Kier molecular flexibility index (Phi) is 7.70. The van der Waals surface area contributed by atoms with Crippen molar-refractivity contribution < 1.29 is 42.0 Å². The fourth-order valence-corrected chi connectivity index (χ4v) is 3.52. The van der Waals surface area contributed by atoms with Crippen LogP contribution in [0.5, 0.6) is 23.0 Å². The Morgan fingerprint density at radius 3 is 2.26 bits per heavy atom. The number of rotatable bonds is 10. The summed E-state index contributed by atoms with van der Waals surface area (Å²) in [5.41, 5.74) is 1.81. The Balaban J connectivity index is 1.64. The van der Waals surface area contributed by atoms with E-state index >= 15 is 0 Å². The molecular formula is C26H22F3N3O6. The molecule has 0 radical (unpaired) electrons. The third-order valence-electron chi connectivity index (χ3n) is 5.27. The number of hydrogen-bond donors (Lipinski definition) is 2. The average Bonchev–Trinajstić information content (AvgIpc) is 3.36. The monoisotopic (exact) mass is 529 g/mol. The lowest BCUT2D eigenvalue weighted by Crippen LogP contribution is -2.17. The van der Waals surface area contributed by atoms with E-state index in [0.29, 0.717) is 34.2 Å². The zero-order valence-corrected chi connectivity index (χ0v) is 20.2. The van der Waals surface area contributed by atoms with Crippen molar-refractivity contribution in [3.05, 3.63) is 83.7 Å². The van der Waals surface area contributed by atoms with Gasteiger partial charge in [0.25, 0.3) is 0 Å². The van der Waals surface area contributed by atoms with Crippen LogP contribution in [0.1, 0.15) is 23.1 Å². The molecule has 38 heavy (non-hydrogen) atoms. The van der Waals surface area contributed by atoms with Gasteiger partial charge in [-0.1, -0.05) is 12.1 Å². The zero-order chi connectivity index (χ0) is 27.3. The Hall–Kier alpha value is -4.74. The minimum atomic E-state index is -4.82. The van der Waals surface area contributed by atoms with Gasteiger partial charge in [0.2, 0.25) is 0 Å². The third-order valence-corrected chi connectivity index (χ3v) is 5.27. The summed E-state index contributed by atoms with van der Waals surface area (Å²) in [6.45, 7) is 1.22. The number of halogens is 3. The Morgan fingerprint density at radius 1 is 1.00 bits per heavy atom. The number of aryl methyl sites for hydroxylation is 1. The van der Waals surface area contributed by atoms with Gasteiger partial charge in [-0.05, 0) is 67.1 Å². The lowest BCUT2D eigenvalue weighted by atomic mass is 10.1. The average molecular weight is 529 g/mol. The molecule has 0 saturated carbocycles. The molecule has 0 spiro atoms. The molecule has 2 N–H and O–H groups in total. The van der Waals surface area contributed by atoms with Gasteiger partial charge in [-0.25, -0.2) is 9.78 Å². The van der Waals surface area contributed by atoms with Crippen LogP contribution in [0, 0.1) is 6.92 Å². The summed E-state index contributed by atoms with van der Waals surface area (Å²) >= 11 is 0. The normalized spacial score (nSPS) is 12.0. The number of alkyl halides is 3. The second-order valence-corrected chi connectivity index (χ2v) is 8.00. The number of carbonyl (C=O) groups is 1. The SMILES string of the molecule is COc1ccc(-c2nc(C(Oc3ccc(OCC(=O)O)c(C)c3)c3ccc(OC(F)(F)F)cc3)n[nH]2)cc1. The number of H-pyrrole nitrogens is 1. The first-order valence-corrected chi connectivity index (χ1v) is 11.2. The summed E-state index contributed by atoms with van der Waals surface area (Å²) in [5, 5.41) is 16.0. The molecule has 0 aliphatic rings. The molecule has 12 heteroatoms. The van der Waals surface area contributed by atoms with Gasteiger partial charge in [-0.3, -0.25) is 5.10 Å². The highest BCUT2D eigenvalue weighted by Gasteiger charge is 2.31. The van der Waals surface area contributed by atoms with Crippen molar-refractivity contribution in [2.24, 2.45) is 0 Å². The maximum atomic E-state index is 12.6. The first kappa shape index (κ1) is 26.3. The summed E-state index contributed by atoms with van der Waals surface area (Å²) < 4.78 is 58.4. The topological polar surface area (TPSA) is 116 Å². The van der Waals surface area contributed by atoms with Crippen molar-refractivity contribution in [1.29, 1.82) is 0 Å². The van der Waals surface area contributed by atoms with Crippen LogP contribution >= 0.6 is 0 Å². The first-order valence-electron chi connectivity index (χ1n) is 11.2. The van der Waals surface area contributed by atoms with E-state index in [0.717, 1.165) is 5.56 Å². The number of ether oxygens (including phenoxy) is 4. The maximum absolute atomic E-state index is 12.6. The number of nitrogens with one attached hydrogen (secondary N) is 1. The molecule has 198 valence electrons.